The molecule has 17 heavy (non-hydrogen) atoms. The van der Waals surface area contributed by atoms with Crippen molar-refractivity contribution in [2.45, 2.75) is 18.9 Å². The van der Waals surface area contributed by atoms with Crippen LogP contribution in [0.4, 0.5) is 0 Å². The van der Waals surface area contributed by atoms with Crippen LogP contribution in [0, 0.1) is 0 Å². The molecule has 1 aliphatic rings. The lowest BCUT2D eigenvalue weighted by Gasteiger charge is -2.24. The third-order valence-corrected chi connectivity index (χ3v) is 3.01. The van der Waals surface area contributed by atoms with E-state index in [2.05, 4.69) is 5.32 Å². The van der Waals surface area contributed by atoms with Crippen molar-refractivity contribution in [3.8, 4) is 11.5 Å². The summed E-state index contributed by atoms with van der Waals surface area (Å²) in [5.41, 5.74) is 0. The lowest BCUT2D eigenvalue weighted by atomic mass is 10.1. The molecule has 0 aliphatic carbocycles. The highest BCUT2D eigenvalue weighted by Gasteiger charge is 2.15. The highest BCUT2D eigenvalue weighted by molar-refractivity contribution is 6.32. The Morgan fingerprint density at radius 1 is 1.29 bits per heavy atom. The lowest BCUT2D eigenvalue weighted by Crippen LogP contribution is -2.34. The average molecular weight is 278 g/mol. The van der Waals surface area contributed by atoms with Crippen LogP contribution < -0.4 is 14.8 Å². The molecule has 1 aromatic carbocycles. The molecule has 0 aromatic heterocycles. The molecule has 0 saturated carbocycles. The molecular formula is C12H17Cl2NO2. The fraction of sp³-hybridized carbons (Fsp3) is 0.500. The second-order valence-electron chi connectivity index (χ2n) is 3.86. The van der Waals surface area contributed by atoms with Crippen molar-refractivity contribution >= 4 is 24.0 Å². The molecule has 1 heterocycles. The van der Waals surface area contributed by atoms with Crippen molar-refractivity contribution in [3.63, 3.8) is 0 Å². The second-order valence-corrected chi connectivity index (χ2v) is 4.27. The zero-order valence-electron chi connectivity index (χ0n) is 9.74. The van der Waals surface area contributed by atoms with Gasteiger partial charge in [-0.25, -0.2) is 0 Å². The van der Waals surface area contributed by atoms with Gasteiger partial charge in [-0.05, 0) is 38.1 Å². The zero-order valence-corrected chi connectivity index (χ0v) is 11.3. The fourth-order valence-corrected chi connectivity index (χ4v) is 2.01. The van der Waals surface area contributed by atoms with Crippen molar-refractivity contribution in [3.05, 3.63) is 23.2 Å². The van der Waals surface area contributed by atoms with Crippen LogP contribution >= 0.6 is 24.0 Å². The molecule has 96 valence electrons. The molecule has 1 aliphatic heterocycles. The number of benzene rings is 1. The van der Waals surface area contributed by atoms with Gasteiger partial charge in [0.05, 0.1) is 12.1 Å². The van der Waals surface area contributed by atoms with Crippen LogP contribution in [0.25, 0.3) is 0 Å². The SMILES string of the molecule is COc1ccc(OC2CCNCC2)c(Cl)c1.Cl. The molecule has 3 nitrogen and oxygen atoms in total. The minimum Gasteiger partial charge on any atom is -0.497 e. The lowest BCUT2D eigenvalue weighted by molar-refractivity contribution is 0.162. The third-order valence-electron chi connectivity index (χ3n) is 2.72. The maximum absolute atomic E-state index is 6.11. The molecule has 2 rings (SSSR count). The Morgan fingerprint density at radius 2 is 2.00 bits per heavy atom. The summed E-state index contributed by atoms with van der Waals surface area (Å²) in [6.45, 7) is 2.02. The maximum atomic E-state index is 6.11. The summed E-state index contributed by atoms with van der Waals surface area (Å²) in [6.07, 6.45) is 2.33. The number of hydrogen-bond donors (Lipinski definition) is 1. The molecule has 0 spiro atoms. The summed E-state index contributed by atoms with van der Waals surface area (Å²) in [5, 5.41) is 3.91. The highest BCUT2D eigenvalue weighted by atomic mass is 35.5. The summed E-state index contributed by atoms with van der Waals surface area (Å²) in [4.78, 5) is 0. The molecule has 0 radical (unpaired) electrons. The molecule has 0 unspecified atom stereocenters. The summed E-state index contributed by atoms with van der Waals surface area (Å²) >= 11 is 6.11. The quantitative estimate of drug-likeness (QED) is 0.922. The summed E-state index contributed by atoms with van der Waals surface area (Å²) in [5.74, 6) is 1.50. The van der Waals surface area contributed by atoms with Crippen molar-refractivity contribution in [2.24, 2.45) is 0 Å². The molecule has 0 atom stereocenters. The van der Waals surface area contributed by atoms with Crippen LogP contribution in [0.15, 0.2) is 18.2 Å². The van der Waals surface area contributed by atoms with E-state index in [4.69, 9.17) is 21.1 Å². The van der Waals surface area contributed by atoms with Gasteiger partial charge in [0.1, 0.15) is 17.6 Å². The topological polar surface area (TPSA) is 30.5 Å². The van der Waals surface area contributed by atoms with Gasteiger partial charge in [-0.2, -0.15) is 0 Å². The van der Waals surface area contributed by atoms with E-state index in [1.165, 1.54) is 0 Å². The van der Waals surface area contributed by atoms with Crippen LogP contribution in [0.3, 0.4) is 0 Å². The van der Waals surface area contributed by atoms with E-state index < -0.39 is 0 Å². The van der Waals surface area contributed by atoms with E-state index in [-0.39, 0.29) is 18.5 Å². The normalized spacial score (nSPS) is 16.1. The minimum atomic E-state index is 0. The third kappa shape index (κ3) is 3.95. The Kier molecular flexibility index (Phi) is 5.89. The Hall–Kier alpha value is -0.640. The first-order valence-corrected chi connectivity index (χ1v) is 5.88. The van der Waals surface area contributed by atoms with E-state index in [9.17, 15) is 0 Å². The highest BCUT2D eigenvalue weighted by Crippen LogP contribution is 2.30. The predicted molar refractivity (Wildman–Crippen MR) is 71.8 cm³/mol. The summed E-state index contributed by atoms with van der Waals surface area (Å²) in [6, 6.07) is 5.50. The first-order chi connectivity index (χ1) is 7.79. The first kappa shape index (κ1) is 14.4. The Labute approximate surface area is 113 Å². The number of methoxy groups -OCH3 is 1. The van der Waals surface area contributed by atoms with Crippen molar-refractivity contribution in [1.29, 1.82) is 0 Å². The molecule has 5 heteroatoms. The fourth-order valence-electron chi connectivity index (χ4n) is 1.80. The Morgan fingerprint density at radius 3 is 2.59 bits per heavy atom. The number of ether oxygens (including phenoxy) is 2. The van der Waals surface area contributed by atoms with E-state index in [1.54, 1.807) is 13.2 Å². The zero-order chi connectivity index (χ0) is 11.4. The van der Waals surface area contributed by atoms with Gasteiger partial charge in [0.2, 0.25) is 0 Å². The van der Waals surface area contributed by atoms with Crippen LogP contribution in [-0.2, 0) is 0 Å². The number of halogens is 2. The van der Waals surface area contributed by atoms with Gasteiger partial charge in [0, 0.05) is 6.07 Å². The van der Waals surface area contributed by atoms with E-state index in [1.807, 2.05) is 12.1 Å². The van der Waals surface area contributed by atoms with E-state index >= 15 is 0 Å². The molecule has 1 fully saturated rings. The second kappa shape index (κ2) is 6.94. The average Bonchev–Trinajstić information content (AvgIpc) is 2.33. The molecule has 0 bridgehead atoms. The van der Waals surface area contributed by atoms with E-state index in [0.717, 1.165) is 37.4 Å². The smallest absolute Gasteiger partial charge is 0.138 e. The summed E-state index contributed by atoms with van der Waals surface area (Å²) in [7, 11) is 1.62. The summed E-state index contributed by atoms with van der Waals surface area (Å²) < 4.78 is 10.9. The first-order valence-electron chi connectivity index (χ1n) is 5.50. The van der Waals surface area contributed by atoms with Crippen LogP contribution in [-0.4, -0.2) is 26.3 Å². The number of piperidine rings is 1. The molecule has 1 aromatic rings. The van der Waals surface area contributed by atoms with Gasteiger partial charge in [-0.15, -0.1) is 12.4 Å². The molecule has 1 saturated heterocycles. The number of hydrogen-bond acceptors (Lipinski definition) is 3. The number of rotatable bonds is 3. The standard InChI is InChI=1S/C12H16ClNO2.ClH/c1-15-10-2-3-12(11(13)8-10)16-9-4-6-14-7-5-9;/h2-3,8-9,14H,4-7H2,1H3;1H. The van der Waals surface area contributed by atoms with Gasteiger partial charge in [-0.1, -0.05) is 11.6 Å². The van der Waals surface area contributed by atoms with Crippen molar-refractivity contribution < 1.29 is 9.47 Å². The van der Waals surface area contributed by atoms with Crippen molar-refractivity contribution in [1.82, 2.24) is 5.32 Å². The van der Waals surface area contributed by atoms with Gasteiger partial charge in [0.25, 0.3) is 0 Å². The van der Waals surface area contributed by atoms with Crippen LogP contribution in [0.5, 0.6) is 11.5 Å². The minimum absolute atomic E-state index is 0. The monoisotopic (exact) mass is 277 g/mol. The maximum Gasteiger partial charge on any atom is 0.138 e. The largest absolute Gasteiger partial charge is 0.497 e. The molecular weight excluding hydrogens is 261 g/mol. The number of nitrogens with one attached hydrogen (secondary N) is 1. The van der Waals surface area contributed by atoms with Gasteiger partial charge < -0.3 is 14.8 Å². The molecule has 0 amide bonds. The van der Waals surface area contributed by atoms with Crippen LogP contribution in [0.2, 0.25) is 5.02 Å². The van der Waals surface area contributed by atoms with Gasteiger partial charge in [-0.3, -0.25) is 0 Å². The van der Waals surface area contributed by atoms with E-state index in [0.29, 0.717) is 5.02 Å². The van der Waals surface area contributed by atoms with Gasteiger partial charge in [0.15, 0.2) is 0 Å². The van der Waals surface area contributed by atoms with Crippen LogP contribution in [0.1, 0.15) is 12.8 Å². The molecule has 1 N–H and O–H groups in total. The van der Waals surface area contributed by atoms with Crippen molar-refractivity contribution in [2.75, 3.05) is 20.2 Å². The Balaban J connectivity index is 0.00000144. The Bertz CT molecular complexity index is 354. The van der Waals surface area contributed by atoms with Gasteiger partial charge >= 0.3 is 0 Å². The predicted octanol–water partition coefficient (Wildman–Crippen LogP) is 2.90.